The Morgan fingerprint density at radius 1 is 1.21 bits per heavy atom. The van der Waals surface area contributed by atoms with Crippen LogP contribution in [0.1, 0.15) is 52.9 Å². The number of nitrogens with zero attached hydrogens (tertiary/aromatic N) is 1. The van der Waals surface area contributed by atoms with Crippen LogP contribution in [0.25, 0.3) is 0 Å². The number of likely N-dealkylation sites (tertiary alicyclic amines) is 1. The number of aromatic carboxylic acids is 1. The lowest BCUT2D eigenvalue weighted by molar-refractivity contribution is -0.0138. The Bertz CT molecular complexity index is 1150. The topological polar surface area (TPSA) is 117 Å². The zero-order chi connectivity index (χ0) is 23.8. The highest BCUT2D eigenvalue weighted by Gasteiger charge is 2.34. The van der Waals surface area contributed by atoms with E-state index in [9.17, 15) is 18.3 Å². The van der Waals surface area contributed by atoms with Gasteiger partial charge in [0.15, 0.2) is 0 Å². The highest BCUT2D eigenvalue weighted by Crippen LogP contribution is 2.44. The van der Waals surface area contributed by atoms with Gasteiger partial charge >= 0.3 is 16.2 Å². The van der Waals surface area contributed by atoms with Gasteiger partial charge in [-0.1, -0.05) is 12.1 Å². The quantitative estimate of drug-likeness (QED) is 0.561. The summed E-state index contributed by atoms with van der Waals surface area (Å²) in [6.07, 6.45) is 1.69. The van der Waals surface area contributed by atoms with E-state index in [1.807, 2.05) is 32.0 Å². The molecule has 178 valence electrons. The Kier molecular flexibility index (Phi) is 6.51. The third-order valence-electron chi connectivity index (χ3n) is 6.26. The summed E-state index contributed by atoms with van der Waals surface area (Å²) in [6.45, 7) is 5.63. The molecule has 0 aromatic heterocycles. The number of nitrogens with one attached hydrogen (secondary N) is 2. The fraction of sp³-hybridized carbons (Fsp3) is 0.435. The first kappa shape index (κ1) is 23.3. The van der Waals surface area contributed by atoms with E-state index >= 15 is 0 Å². The van der Waals surface area contributed by atoms with E-state index < -0.39 is 16.2 Å². The molecule has 0 radical (unpaired) electrons. The van der Waals surface area contributed by atoms with Gasteiger partial charge in [-0.05, 0) is 56.0 Å². The average molecular weight is 476 g/mol. The zero-order valence-electron chi connectivity index (χ0n) is 18.9. The number of fused-ring (bicyclic) bond motifs is 1. The molecule has 0 spiro atoms. The summed E-state index contributed by atoms with van der Waals surface area (Å²) in [5.74, 6) is -0.349. The maximum atomic E-state index is 12.2. The first-order chi connectivity index (χ1) is 15.7. The van der Waals surface area contributed by atoms with E-state index in [1.165, 1.54) is 0 Å². The average Bonchev–Trinajstić information content (AvgIpc) is 3.12. The molecule has 1 saturated heterocycles. The third kappa shape index (κ3) is 4.78. The van der Waals surface area contributed by atoms with Crippen LogP contribution in [0.2, 0.25) is 0 Å². The van der Waals surface area contributed by atoms with E-state index in [0.29, 0.717) is 30.3 Å². The van der Waals surface area contributed by atoms with Crippen LogP contribution in [0, 0.1) is 6.92 Å². The van der Waals surface area contributed by atoms with Crippen LogP contribution in [-0.4, -0.2) is 50.8 Å². The molecule has 2 heterocycles. The monoisotopic (exact) mass is 475 g/mol. The molecule has 10 heteroatoms. The number of hydrogen-bond acceptors (Lipinski definition) is 6. The van der Waals surface area contributed by atoms with Crippen LogP contribution in [0.4, 0.5) is 11.4 Å². The molecular weight excluding hydrogens is 446 g/mol. The third-order valence-corrected chi connectivity index (χ3v) is 7.20. The maximum Gasteiger partial charge on any atom is 0.335 e. The maximum absolute atomic E-state index is 12.2. The van der Waals surface area contributed by atoms with Crippen molar-refractivity contribution < 1.29 is 27.8 Å². The second kappa shape index (κ2) is 9.20. The van der Waals surface area contributed by atoms with Gasteiger partial charge in [0, 0.05) is 31.3 Å². The predicted molar refractivity (Wildman–Crippen MR) is 125 cm³/mol. The summed E-state index contributed by atoms with van der Waals surface area (Å²) in [4.78, 5) is 13.6. The van der Waals surface area contributed by atoms with Crippen molar-refractivity contribution in [2.45, 2.75) is 45.4 Å². The number of benzene rings is 2. The molecule has 1 fully saturated rings. The molecule has 2 aromatic carbocycles. The SMILES string of the molecule is CCO[C@H]1CCN(Cc2c(OC)cc(C)c3c2NS(=O)(=O)N3)[C@H](c2ccc(C(=O)O)cc2)C1. The van der Waals surface area contributed by atoms with Crippen molar-refractivity contribution in [1.82, 2.24) is 4.90 Å². The summed E-state index contributed by atoms with van der Waals surface area (Å²) < 4.78 is 41.2. The second-order valence-electron chi connectivity index (χ2n) is 8.35. The number of carbonyl (C=O) groups is 1. The molecule has 0 unspecified atom stereocenters. The Labute approximate surface area is 193 Å². The van der Waals surface area contributed by atoms with Gasteiger partial charge in [0.25, 0.3) is 0 Å². The van der Waals surface area contributed by atoms with Gasteiger partial charge in [-0.3, -0.25) is 14.3 Å². The number of anilines is 2. The lowest BCUT2D eigenvalue weighted by Gasteiger charge is -2.40. The van der Waals surface area contributed by atoms with Crippen molar-refractivity contribution in [2.24, 2.45) is 0 Å². The molecule has 33 heavy (non-hydrogen) atoms. The van der Waals surface area contributed by atoms with Gasteiger partial charge in [0.2, 0.25) is 0 Å². The highest BCUT2D eigenvalue weighted by atomic mass is 32.2. The predicted octanol–water partition coefficient (Wildman–Crippen LogP) is 3.53. The van der Waals surface area contributed by atoms with Crippen molar-refractivity contribution in [3.05, 3.63) is 52.6 Å². The number of ether oxygens (including phenoxy) is 2. The number of hydrogen-bond donors (Lipinski definition) is 3. The van der Waals surface area contributed by atoms with Crippen molar-refractivity contribution in [1.29, 1.82) is 0 Å². The van der Waals surface area contributed by atoms with E-state index in [0.717, 1.165) is 36.1 Å². The van der Waals surface area contributed by atoms with Gasteiger partial charge in [-0.25, -0.2) is 4.79 Å². The van der Waals surface area contributed by atoms with Crippen LogP contribution in [0.15, 0.2) is 30.3 Å². The van der Waals surface area contributed by atoms with Crippen LogP contribution in [0.5, 0.6) is 5.75 Å². The first-order valence-electron chi connectivity index (χ1n) is 10.9. The Morgan fingerprint density at radius 2 is 1.91 bits per heavy atom. The van der Waals surface area contributed by atoms with Gasteiger partial charge < -0.3 is 14.6 Å². The van der Waals surface area contributed by atoms with Crippen LogP contribution < -0.4 is 14.2 Å². The Morgan fingerprint density at radius 3 is 2.55 bits per heavy atom. The molecule has 0 amide bonds. The van der Waals surface area contributed by atoms with Gasteiger partial charge in [0.1, 0.15) is 5.75 Å². The van der Waals surface area contributed by atoms with Crippen molar-refractivity contribution >= 4 is 27.6 Å². The van der Waals surface area contributed by atoms with E-state index in [-0.39, 0.29) is 17.7 Å². The molecular formula is C23H29N3O6S. The van der Waals surface area contributed by atoms with Crippen molar-refractivity contribution in [3.8, 4) is 5.75 Å². The van der Waals surface area contributed by atoms with Crippen molar-refractivity contribution in [3.63, 3.8) is 0 Å². The lowest BCUT2D eigenvalue weighted by Crippen LogP contribution is -2.39. The normalized spacial score (nSPS) is 21.7. The molecule has 2 aliphatic heterocycles. The summed E-state index contributed by atoms with van der Waals surface area (Å²) in [5, 5.41) is 9.25. The standard InChI is InChI=1S/C23H29N3O6S/c1-4-32-17-9-10-26(19(12-17)15-5-7-16(8-6-15)23(27)28)13-18-20(31-3)11-14(2)21-22(18)25-33(29,30)24-21/h5-8,11,17,19,24-25H,4,9-10,12-13H2,1-3H3,(H,27,28)/t17-,19-/m0/s1. The summed E-state index contributed by atoms with van der Waals surface area (Å²) >= 11 is 0. The van der Waals surface area contributed by atoms with Crippen LogP contribution in [-0.2, 0) is 21.5 Å². The smallest absolute Gasteiger partial charge is 0.335 e. The minimum atomic E-state index is -3.66. The second-order valence-corrected chi connectivity index (χ2v) is 9.76. The van der Waals surface area contributed by atoms with Crippen LogP contribution in [0.3, 0.4) is 0 Å². The fourth-order valence-corrected chi connectivity index (χ4v) is 5.74. The van der Waals surface area contributed by atoms with E-state index in [4.69, 9.17) is 9.47 Å². The Balaban J connectivity index is 1.70. The first-order valence-corrected chi connectivity index (χ1v) is 12.4. The molecule has 9 nitrogen and oxygen atoms in total. The number of rotatable bonds is 7. The zero-order valence-corrected chi connectivity index (χ0v) is 19.7. The Hall–Kier alpha value is -2.82. The number of carboxylic acid groups (broad SMARTS) is 1. The van der Waals surface area contributed by atoms with Crippen molar-refractivity contribution in [2.75, 3.05) is 29.7 Å². The molecule has 2 aliphatic rings. The highest BCUT2D eigenvalue weighted by molar-refractivity contribution is 7.94. The molecule has 2 atom stereocenters. The number of carboxylic acids is 1. The molecule has 0 aliphatic carbocycles. The minimum absolute atomic E-state index is 0.0224. The molecule has 0 saturated carbocycles. The molecule has 4 rings (SSSR count). The van der Waals surface area contributed by atoms with Gasteiger partial charge in [-0.15, -0.1) is 0 Å². The van der Waals surface area contributed by atoms with E-state index in [2.05, 4.69) is 14.3 Å². The van der Waals surface area contributed by atoms with Crippen LogP contribution >= 0.6 is 0 Å². The summed E-state index contributed by atoms with van der Waals surface area (Å²) in [5.41, 5.74) is 3.81. The largest absolute Gasteiger partial charge is 0.496 e. The lowest BCUT2D eigenvalue weighted by atomic mass is 9.91. The number of methoxy groups -OCH3 is 1. The molecule has 2 aromatic rings. The number of piperidine rings is 1. The summed E-state index contributed by atoms with van der Waals surface area (Å²) in [6, 6.07) is 8.73. The molecule has 3 N–H and O–H groups in total. The minimum Gasteiger partial charge on any atom is -0.496 e. The summed E-state index contributed by atoms with van der Waals surface area (Å²) in [7, 11) is -2.09. The van der Waals surface area contributed by atoms with E-state index in [1.54, 1.807) is 19.2 Å². The molecule has 0 bridgehead atoms. The fourth-order valence-electron chi connectivity index (χ4n) is 4.66. The number of aryl methyl sites for hydroxylation is 1. The van der Waals surface area contributed by atoms with Gasteiger partial charge in [0.05, 0.1) is 30.2 Å². The van der Waals surface area contributed by atoms with Gasteiger partial charge in [-0.2, -0.15) is 8.42 Å².